The molecule has 0 aliphatic carbocycles. The number of carbonyl (C=O) groups excluding carboxylic acids is 1. The van der Waals surface area contributed by atoms with E-state index in [1.54, 1.807) is 6.07 Å². The van der Waals surface area contributed by atoms with Crippen molar-refractivity contribution in [3.63, 3.8) is 0 Å². The summed E-state index contributed by atoms with van der Waals surface area (Å²) >= 11 is 0. The van der Waals surface area contributed by atoms with Crippen LogP contribution in [0.4, 0.5) is 5.69 Å². The van der Waals surface area contributed by atoms with Crippen molar-refractivity contribution in [3.05, 3.63) is 40.8 Å². The number of sulfonamides is 1. The molecule has 130 valence electrons. The molecule has 0 radical (unpaired) electrons. The van der Waals surface area contributed by atoms with Gasteiger partial charge in [-0.1, -0.05) is 22.9 Å². The smallest absolute Gasteiger partial charge is 0.246 e. The molecular weight excluding hydrogens is 330 g/mol. The molecule has 8 heteroatoms. The van der Waals surface area contributed by atoms with Gasteiger partial charge in [-0.15, -0.1) is 0 Å². The third kappa shape index (κ3) is 3.82. The number of rotatable bonds is 5. The molecule has 0 saturated carbocycles. The largest absolute Gasteiger partial charge is 0.360 e. The van der Waals surface area contributed by atoms with Crippen molar-refractivity contribution >= 4 is 21.6 Å². The first kappa shape index (κ1) is 18.2. The summed E-state index contributed by atoms with van der Waals surface area (Å²) in [7, 11) is -3.90. The Hall–Kier alpha value is -2.19. The van der Waals surface area contributed by atoms with Crippen LogP contribution < -0.4 is 10.0 Å². The molecule has 0 fully saturated rings. The summed E-state index contributed by atoms with van der Waals surface area (Å²) in [6, 6.07) is 4.65. The molecule has 2 rings (SSSR count). The zero-order valence-corrected chi connectivity index (χ0v) is 15.1. The van der Waals surface area contributed by atoms with Crippen LogP contribution in [0.15, 0.2) is 27.6 Å². The summed E-state index contributed by atoms with van der Waals surface area (Å²) in [5.74, 6) is -0.265. The number of nitrogens with one attached hydrogen (secondary N) is 2. The van der Waals surface area contributed by atoms with E-state index in [0.717, 1.165) is 11.1 Å². The number of aromatic nitrogens is 1. The molecule has 0 aliphatic heterocycles. The number of hydrogen-bond acceptors (Lipinski definition) is 5. The number of nitrogens with zero attached hydrogens (tertiary/aromatic N) is 1. The van der Waals surface area contributed by atoms with E-state index in [-0.39, 0.29) is 16.3 Å². The highest BCUT2D eigenvalue weighted by Gasteiger charge is 2.28. The number of carbonyl (C=O) groups is 1. The first-order chi connectivity index (χ1) is 11.1. The number of benzene rings is 1. The molecule has 0 unspecified atom stereocenters. The summed E-state index contributed by atoms with van der Waals surface area (Å²) in [6.07, 6.45) is 0. The molecule has 1 atom stereocenters. The minimum Gasteiger partial charge on any atom is -0.360 e. The maximum atomic E-state index is 12.4. The van der Waals surface area contributed by atoms with Gasteiger partial charge in [0.1, 0.15) is 10.6 Å². The van der Waals surface area contributed by atoms with Gasteiger partial charge < -0.3 is 9.84 Å². The summed E-state index contributed by atoms with van der Waals surface area (Å²) in [6.45, 7) is 8.36. The Morgan fingerprint density at radius 1 is 1.21 bits per heavy atom. The van der Waals surface area contributed by atoms with E-state index in [1.165, 1.54) is 20.8 Å². The Morgan fingerprint density at radius 3 is 2.42 bits per heavy atom. The molecule has 1 aromatic carbocycles. The van der Waals surface area contributed by atoms with Crippen molar-refractivity contribution in [2.24, 2.45) is 0 Å². The Morgan fingerprint density at radius 2 is 1.88 bits per heavy atom. The SMILES string of the molecule is Cc1ccc(NC(=O)[C@H](C)NS(=O)(=O)c2c(C)noc2C)c(C)c1. The van der Waals surface area contributed by atoms with Gasteiger partial charge in [0, 0.05) is 5.69 Å². The summed E-state index contributed by atoms with van der Waals surface area (Å²) in [4.78, 5) is 12.3. The first-order valence-corrected chi connectivity index (χ1v) is 8.93. The van der Waals surface area contributed by atoms with Gasteiger partial charge in [0.05, 0.1) is 6.04 Å². The molecule has 7 nitrogen and oxygen atoms in total. The van der Waals surface area contributed by atoms with Gasteiger partial charge in [-0.3, -0.25) is 4.79 Å². The third-order valence-electron chi connectivity index (χ3n) is 3.60. The Balaban J connectivity index is 2.14. The van der Waals surface area contributed by atoms with Crippen LogP contribution in [0.25, 0.3) is 0 Å². The minimum absolute atomic E-state index is 0.0336. The van der Waals surface area contributed by atoms with E-state index >= 15 is 0 Å². The van der Waals surface area contributed by atoms with Crippen molar-refractivity contribution in [2.75, 3.05) is 5.32 Å². The van der Waals surface area contributed by atoms with E-state index in [1.807, 2.05) is 26.0 Å². The molecule has 0 saturated heterocycles. The van der Waals surface area contributed by atoms with Crippen LogP contribution in [-0.4, -0.2) is 25.5 Å². The topological polar surface area (TPSA) is 101 Å². The van der Waals surface area contributed by atoms with Crippen LogP contribution in [0.2, 0.25) is 0 Å². The second-order valence-electron chi connectivity index (χ2n) is 5.80. The van der Waals surface area contributed by atoms with Crippen LogP contribution in [0.5, 0.6) is 0 Å². The van der Waals surface area contributed by atoms with Crippen LogP contribution in [-0.2, 0) is 14.8 Å². The van der Waals surface area contributed by atoms with Crippen molar-refractivity contribution in [1.82, 2.24) is 9.88 Å². The van der Waals surface area contributed by atoms with Gasteiger partial charge in [0.25, 0.3) is 0 Å². The molecule has 2 N–H and O–H groups in total. The lowest BCUT2D eigenvalue weighted by atomic mass is 10.1. The minimum atomic E-state index is -3.90. The highest BCUT2D eigenvalue weighted by Crippen LogP contribution is 2.20. The second-order valence-corrected chi connectivity index (χ2v) is 7.45. The van der Waals surface area contributed by atoms with E-state index in [9.17, 15) is 13.2 Å². The molecule has 0 aliphatic rings. The van der Waals surface area contributed by atoms with E-state index in [4.69, 9.17) is 4.52 Å². The lowest BCUT2D eigenvalue weighted by molar-refractivity contribution is -0.117. The molecule has 1 aromatic heterocycles. The van der Waals surface area contributed by atoms with Gasteiger partial charge in [0.15, 0.2) is 5.76 Å². The quantitative estimate of drug-likeness (QED) is 0.860. The number of aryl methyl sites for hydroxylation is 4. The second kappa shape index (κ2) is 6.74. The molecule has 24 heavy (non-hydrogen) atoms. The Labute approximate surface area is 141 Å². The van der Waals surface area contributed by atoms with Crippen LogP contribution in [0.1, 0.15) is 29.5 Å². The lowest BCUT2D eigenvalue weighted by Crippen LogP contribution is -2.41. The Bertz CT molecular complexity index is 852. The molecular formula is C16H21N3O4S. The molecule has 1 heterocycles. The van der Waals surface area contributed by atoms with Crippen LogP contribution in [0, 0.1) is 27.7 Å². The van der Waals surface area contributed by atoms with Gasteiger partial charge in [-0.25, -0.2) is 8.42 Å². The number of hydrogen-bond donors (Lipinski definition) is 2. The highest BCUT2D eigenvalue weighted by molar-refractivity contribution is 7.89. The van der Waals surface area contributed by atoms with Crippen molar-refractivity contribution in [2.45, 2.75) is 45.6 Å². The molecule has 1 amide bonds. The fourth-order valence-corrected chi connectivity index (χ4v) is 3.93. The molecule has 0 spiro atoms. The third-order valence-corrected chi connectivity index (χ3v) is 5.39. The first-order valence-electron chi connectivity index (χ1n) is 7.45. The normalized spacial score (nSPS) is 12.9. The maximum absolute atomic E-state index is 12.4. The fraction of sp³-hybridized carbons (Fsp3) is 0.375. The van der Waals surface area contributed by atoms with Crippen LogP contribution in [0.3, 0.4) is 0 Å². The number of amides is 1. The van der Waals surface area contributed by atoms with E-state index in [2.05, 4.69) is 15.2 Å². The fourth-order valence-electron chi connectivity index (χ4n) is 2.40. The van der Waals surface area contributed by atoms with Crippen LogP contribution >= 0.6 is 0 Å². The standard InChI is InChI=1S/C16H21N3O4S/c1-9-6-7-14(10(2)8-9)17-16(20)12(4)19-24(21,22)15-11(3)18-23-13(15)5/h6-8,12,19H,1-5H3,(H,17,20)/t12-/m0/s1. The predicted octanol–water partition coefficient (Wildman–Crippen LogP) is 2.21. The predicted molar refractivity (Wildman–Crippen MR) is 90.3 cm³/mol. The van der Waals surface area contributed by atoms with Crippen molar-refractivity contribution < 1.29 is 17.7 Å². The van der Waals surface area contributed by atoms with Gasteiger partial charge in [-0.2, -0.15) is 4.72 Å². The van der Waals surface area contributed by atoms with Gasteiger partial charge >= 0.3 is 0 Å². The highest BCUT2D eigenvalue weighted by atomic mass is 32.2. The van der Waals surface area contributed by atoms with Crippen molar-refractivity contribution in [1.29, 1.82) is 0 Å². The summed E-state index contributed by atoms with van der Waals surface area (Å²) in [5, 5.41) is 6.36. The molecule has 0 bridgehead atoms. The molecule has 2 aromatic rings. The maximum Gasteiger partial charge on any atom is 0.246 e. The lowest BCUT2D eigenvalue weighted by Gasteiger charge is -2.15. The summed E-state index contributed by atoms with van der Waals surface area (Å²) in [5.41, 5.74) is 2.89. The van der Waals surface area contributed by atoms with Crippen molar-refractivity contribution in [3.8, 4) is 0 Å². The average molecular weight is 351 g/mol. The summed E-state index contributed by atoms with van der Waals surface area (Å²) < 4.78 is 32.1. The van der Waals surface area contributed by atoms with Gasteiger partial charge in [-0.05, 0) is 46.2 Å². The zero-order chi connectivity index (χ0) is 18.1. The van der Waals surface area contributed by atoms with E-state index in [0.29, 0.717) is 5.69 Å². The zero-order valence-electron chi connectivity index (χ0n) is 14.3. The monoisotopic (exact) mass is 351 g/mol. The van der Waals surface area contributed by atoms with E-state index < -0.39 is 22.0 Å². The Kier molecular flexibility index (Phi) is 5.10. The van der Waals surface area contributed by atoms with Gasteiger partial charge in [0.2, 0.25) is 15.9 Å². The number of anilines is 1. The average Bonchev–Trinajstić information content (AvgIpc) is 2.81.